The van der Waals surface area contributed by atoms with E-state index in [2.05, 4.69) is 14.9 Å². The molecule has 2 atom stereocenters. The van der Waals surface area contributed by atoms with Gasteiger partial charge in [-0.2, -0.15) is 0 Å². The molecule has 0 spiro atoms. The van der Waals surface area contributed by atoms with Crippen molar-refractivity contribution >= 4 is 11.2 Å². The van der Waals surface area contributed by atoms with Crippen LogP contribution in [-0.4, -0.2) is 27.7 Å². The minimum atomic E-state index is 0.136. The van der Waals surface area contributed by atoms with Gasteiger partial charge in [0.2, 0.25) is 0 Å². The van der Waals surface area contributed by atoms with E-state index >= 15 is 0 Å². The molecule has 19 heavy (non-hydrogen) atoms. The van der Waals surface area contributed by atoms with Gasteiger partial charge < -0.3 is 4.74 Å². The summed E-state index contributed by atoms with van der Waals surface area (Å²) in [7, 11) is 0. The van der Waals surface area contributed by atoms with Crippen LogP contribution in [0.15, 0.2) is 18.3 Å². The third-order valence-corrected chi connectivity index (χ3v) is 4.04. The van der Waals surface area contributed by atoms with Crippen molar-refractivity contribution in [2.75, 3.05) is 13.2 Å². The van der Waals surface area contributed by atoms with Crippen LogP contribution < -0.4 is 5.32 Å². The topological polar surface area (TPSA) is 52.0 Å². The van der Waals surface area contributed by atoms with Crippen LogP contribution in [0.4, 0.5) is 0 Å². The Bertz CT molecular complexity index is 582. The SMILES string of the molecule is c1cnc2c(c1)nc(C1CCCO1)n2C1CCCN1. The molecule has 4 heterocycles. The lowest BCUT2D eigenvalue weighted by atomic mass is 10.2. The molecule has 100 valence electrons. The van der Waals surface area contributed by atoms with Crippen molar-refractivity contribution in [1.29, 1.82) is 0 Å². The number of aromatic nitrogens is 3. The lowest BCUT2D eigenvalue weighted by Gasteiger charge is -2.18. The van der Waals surface area contributed by atoms with E-state index in [4.69, 9.17) is 9.72 Å². The number of hydrogen-bond donors (Lipinski definition) is 1. The molecule has 2 aliphatic heterocycles. The van der Waals surface area contributed by atoms with Crippen LogP contribution in [0.1, 0.15) is 43.8 Å². The zero-order valence-corrected chi connectivity index (χ0v) is 10.9. The number of nitrogens with zero attached hydrogens (tertiary/aromatic N) is 3. The number of fused-ring (bicyclic) bond motifs is 1. The second kappa shape index (κ2) is 4.58. The minimum Gasteiger partial charge on any atom is -0.370 e. The van der Waals surface area contributed by atoms with E-state index in [1.807, 2.05) is 18.3 Å². The van der Waals surface area contributed by atoms with Gasteiger partial charge in [0.1, 0.15) is 17.4 Å². The van der Waals surface area contributed by atoms with Gasteiger partial charge in [-0.3, -0.25) is 9.88 Å². The van der Waals surface area contributed by atoms with Crippen LogP contribution in [-0.2, 0) is 4.74 Å². The standard InChI is InChI=1S/C14H18N4O/c1-4-10-13(16-8-1)18(12-6-2-7-15-12)14(17-10)11-5-3-9-19-11/h1,4,8,11-12,15H,2-3,5-7,9H2. The Labute approximate surface area is 112 Å². The first-order chi connectivity index (χ1) is 9.43. The van der Waals surface area contributed by atoms with Gasteiger partial charge in [-0.25, -0.2) is 9.97 Å². The lowest BCUT2D eigenvalue weighted by Crippen LogP contribution is -2.23. The van der Waals surface area contributed by atoms with E-state index in [9.17, 15) is 0 Å². The molecule has 0 saturated carbocycles. The van der Waals surface area contributed by atoms with Crippen molar-refractivity contribution in [3.05, 3.63) is 24.2 Å². The lowest BCUT2D eigenvalue weighted by molar-refractivity contribution is 0.100. The average molecular weight is 258 g/mol. The summed E-state index contributed by atoms with van der Waals surface area (Å²) in [4.78, 5) is 9.30. The van der Waals surface area contributed by atoms with Gasteiger partial charge in [0.15, 0.2) is 5.65 Å². The minimum absolute atomic E-state index is 0.136. The molecule has 2 unspecified atom stereocenters. The van der Waals surface area contributed by atoms with Crippen LogP contribution in [0.5, 0.6) is 0 Å². The highest BCUT2D eigenvalue weighted by molar-refractivity contribution is 5.71. The molecule has 2 saturated heterocycles. The van der Waals surface area contributed by atoms with Crippen molar-refractivity contribution in [3.63, 3.8) is 0 Å². The van der Waals surface area contributed by atoms with E-state index in [0.29, 0.717) is 6.17 Å². The van der Waals surface area contributed by atoms with Crippen molar-refractivity contribution in [3.8, 4) is 0 Å². The van der Waals surface area contributed by atoms with E-state index in [0.717, 1.165) is 49.4 Å². The molecule has 5 heteroatoms. The first kappa shape index (κ1) is 11.4. The molecule has 2 fully saturated rings. The maximum Gasteiger partial charge on any atom is 0.161 e. The van der Waals surface area contributed by atoms with Gasteiger partial charge in [-0.05, 0) is 44.4 Å². The predicted octanol–water partition coefficient (Wildman–Crippen LogP) is 2.16. The first-order valence-electron chi connectivity index (χ1n) is 7.11. The number of nitrogens with one attached hydrogen (secondary N) is 1. The van der Waals surface area contributed by atoms with E-state index in [1.54, 1.807) is 0 Å². The first-order valence-corrected chi connectivity index (χ1v) is 7.11. The van der Waals surface area contributed by atoms with Crippen LogP contribution in [0, 0.1) is 0 Å². The van der Waals surface area contributed by atoms with Crippen LogP contribution in [0.25, 0.3) is 11.2 Å². The highest BCUT2D eigenvalue weighted by Gasteiger charge is 2.29. The summed E-state index contributed by atoms with van der Waals surface area (Å²) in [5.41, 5.74) is 1.95. The van der Waals surface area contributed by atoms with Crippen molar-refractivity contribution in [1.82, 2.24) is 19.9 Å². The second-order valence-corrected chi connectivity index (χ2v) is 5.30. The number of ether oxygens (including phenoxy) is 1. The molecule has 1 N–H and O–H groups in total. The van der Waals surface area contributed by atoms with Crippen molar-refractivity contribution in [2.45, 2.75) is 38.0 Å². The molecule has 0 bridgehead atoms. The Morgan fingerprint density at radius 1 is 1.32 bits per heavy atom. The summed E-state index contributed by atoms with van der Waals surface area (Å²) in [6.07, 6.45) is 6.84. The number of pyridine rings is 1. The van der Waals surface area contributed by atoms with Crippen molar-refractivity contribution < 1.29 is 4.74 Å². The molecule has 0 radical (unpaired) electrons. The summed E-state index contributed by atoms with van der Waals surface area (Å²) in [5, 5.41) is 3.54. The second-order valence-electron chi connectivity index (χ2n) is 5.30. The van der Waals surface area contributed by atoms with Gasteiger partial charge in [-0.1, -0.05) is 0 Å². The fourth-order valence-electron chi connectivity index (χ4n) is 3.15. The fourth-order valence-corrected chi connectivity index (χ4v) is 3.15. The van der Waals surface area contributed by atoms with E-state index in [1.165, 1.54) is 6.42 Å². The molecular weight excluding hydrogens is 240 g/mol. The summed E-state index contributed by atoms with van der Waals surface area (Å²) < 4.78 is 8.09. The molecule has 5 nitrogen and oxygen atoms in total. The predicted molar refractivity (Wildman–Crippen MR) is 71.7 cm³/mol. The molecule has 0 amide bonds. The number of imidazole rings is 1. The van der Waals surface area contributed by atoms with E-state index in [-0.39, 0.29) is 6.10 Å². The maximum absolute atomic E-state index is 5.83. The van der Waals surface area contributed by atoms with Crippen LogP contribution in [0.2, 0.25) is 0 Å². The molecular formula is C14H18N4O. The molecule has 4 rings (SSSR count). The average Bonchev–Trinajstić information content (AvgIpc) is 3.17. The monoisotopic (exact) mass is 258 g/mol. The normalized spacial score (nSPS) is 27.4. The highest BCUT2D eigenvalue weighted by Crippen LogP contribution is 2.33. The quantitative estimate of drug-likeness (QED) is 0.897. The highest BCUT2D eigenvalue weighted by atomic mass is 16.5. The fraction of sp³-hybridized carbons (Fsp3) is 0.571. The summed E-state index contributed by atoms with van der Waals surface area (Å²) in [6.45, 7) is 1.92. The third-order valence-electron chi connectivity index (χ3n) is 4.04. The Morgan fingerprint density at radius 2 is 2.32 bits per heavy atom. The Kier molecular flexibility index (Phi) is 2.74. The Morgan fingerprint density at radius 3 is 3.11 bits per heavy atom. The van der Waals surface area contributed by atoms with Gasteiger partial charge >= 0.3 is 0 Å². The molecule has 2 aliphatic rings. The molecule has 2 aromatic heterocycles. The van der Waals surface area contributed by atoms with Gasteiger partial charge in [0.05, 0.1) is 6.17 Å². The maximum atomic E-state index is 5.83. The van der Waals surface area contributed by atoms with Gasteiger partial charge in [-0.15, -0.1) is 0 Å². The van der Waals surface area contributed by atoms with Gasteiger partial charge in [0.25, 0.3) is 0 Å². The summed E-state index contributed by atoms with van der Waals surface area (Å²) in [5.74, 6) is 1.05. The van der Waals surface area contributed by atoms with Crippen LogP contribution in [0.3, 0.4) is 0 Å². The van der Waals surface area contributed by atoms with Crippen molar-refractivity contribution in [2.24, 2.45) is 0 Å². The smallest absolute Gasteiger partial charge is 0.161 e. The van der Waals surface area contributed by atoms with Crippen LogP contribution >= 0.6 is 0 Å². The zero-order chi connectivity index (χ0) is 12.7. The zero-order valence-electron chi connectivity index (χ0n) is 10.9. The molecule has 2 aromatic rings. The molecule has 0 aromatic carbocycles. The summed E-state index contributed by atoms with van der Waals surface area (Å²) in [6, 6.07) is 3.98. The Balaban J connectivity index is 1.87. The number of rotatable bonds is 2. The Hall–Kier alpha value is -1.46. The third kappa shape index (κ3) is 1.84. The largest absolute Gasteiger partial charge is 0.370 e. The summed E-state index contributed by atoms with van der Waals surface area (Å²) >= 11 is 0. The molecule has 0 aliphatic carbocycles. The number of hydrogen-bond acceptors (Lipinski definition) is 4. The van der Waals surface area contributed by atoms with E-state index < -0.39 is 0 Å². The van der Waals surface area contributed by atoms with Gasteiger partial charge in [0, 0.05) is 12.8 Å².